The van der Waals surface area contributed by atoms with Crippen LogP contribution < -0.4 is 10.6 Å². The van der Waals surface area contributed by atoms with Crippen molar-refractivity contribution in [3.63, 3.8) is 0 Å². The molecule has 3 heterocycles. The molecule has 1 aromatic carbocycles. The standard InChI is InChI=1S/C22H26N4O4/c27-19-8-7-18(20(28)24-19)26-21(29)14-6-5-13(11-15(14)22(26)30)12-25-10-9-23-16-3-1-2-4-17(16)25/h5-6,11,16-18,23H,1-4,7-10,12H2,(H,24,27,28). The van der Waals surface area contributed by atoms with Crippen LogP contribution in [0.15, 0.2) is 18.2 Å². The zero-order valence-electron chi connectivity index (χ0n) is 16.9. The number of carbonyl (C=O) groups is 4. The summed E-state index contributed by atoms with van der Waals surface area (Å²) in [5.74, 6) is -1.84. The van der Waals surface area contributed by atoms with E-state index in [1.807, 2.05) is 6.07 Å². The normalized spacial score (nSPS) is 29.6. The molecule has 3 aliphatic heterocycles. The number of piperazine rings is 1. The summed E-state index contributed by atoms with van der Waals surface area (Å²) in [6.07, 6.45) is 5.21. The minimum absolute atomic E-state index is 0.126. The van der Waals surface area contributed by atoms with Gasteiger partial charge in [-0.15, -0.1) is 0 Å². The second-order valence-electron chi connectivity index (χ2n) is 8.71. The highest BCUT2D eigenvalue weighted by molar-refractivity contribution is 6.23. The van der Waals surface area contributed by atoms with Crippen LogP contribution in [0.4, 0.5) is 0 Å². The molecule has 5 rings (SSSR count). The Balaban J connectivity index is 1.36. The van der Waals surface area contributed by atoms with E-state index in [2.05, 4.69) is 15.5 Å². The number of nitrogens with zero attached hydrogens (tertiary/aromatic N) is 2. The second kappa shape index (κ2) is 7.59. The molecule has 2 saturated heterocycles. The van der Waals surface area contributed by atoms with Crippen LogP contribution in [0.3, 0.4) is 0 Å². The van der Waals surface area contributed by atoms with Crippen molar-refractivity contribution in [2.24, 2.45) is 0 Å². The summed E-state index contributed by atoms with van der Waals surface area (Å²) in [4.78, 5) is 53.0. The lowest BCUT2D eigenvalue weighted by molar-refractivity contribution is -0.136. The summed E-state index contributed by atoms with van der Waals surface area (Å²) in [5.41, 5.74) is 1.70. The first-order valence-corrected chi connectivity index (χ1v) is 10.8. The number of nitrogens with one attached hydrogen (secondary N) is 2. The fourth-order valence-corrected chi connectivity index (χ4v) is 5.39. The number of imide groups is 2. The van der Waals surface area contributed by atoms with Crippen LogP contribution in [0.25, 0.3) is 0 Å². The van der Waals surface area contributed by atoms with Gasteiger partial charge in [0.1, 0.15) is 6.04 Å². The average Bonchev–Trinajstić information content (AvgIpc) is 2.99. The van der Waals surface area contributed by atoms with Gasteiger partial charge >= 0.3 is 0 Å². The van der Waals surface area contributed by atoms with E-state index >= 15 is 0 Å². The maximum Gasteiger partial charge on any atom is 0.262 e. The molecule has 0 bridgehead atoms. The molecule has 3 unspecified atom stereocenters. The van der Waals surface area contributed by atoms with Gasteiger partial charge in [0.15, 0.2) is 0 Å². The zero-order valence-corrected chi connectivity index (χ0v) is 16.9. The molecule has 8 heteroatoms. The molecule has 1 aromatic rings. The molecule has 1 aliphatic carbocycles. The van der Waals surface area contributed by atoms with Crippen molar-refractivity contribution in [2.75, 3.05) is 13.1 Å². The van der Waals surface area contributed by atoms with Crippen LogP contribution in [0.1, 0.15) is 64.8 Å². The van der Waals surface area contributed by atoms with Crippen molar-refractivity contribution < 1.29 is 19.2 Å². The summed E-state index contributed by atoms with van der Waals surface area (Å²) in [6, 6.07) is 5.55. The van der Waals surface area contributed by atoms with Gasteiger partial charge in [0.05, 0.1) is 11.1 Å². The van der Waals surface area contributed by atoms with Gasteiger partial charge in [-0.25, -0.2) is 0 Å². The fourth-order valence-electron chi connectivity index (χ4n) is 5.39. The fraction of sp³-hybridized carbons (Fsp3) is 0.545. The minimum Gasteiger partial charge on any atom is -0.311 e. The van der Waals surface area contributed by atoms with Gasteiger partial charge in [0.25, 0.3) is 11.8 Å². The summed E-state index contributed by atoms with van der Waals surface area (Å²) in [6.45, 7) is 2.68. The highest BCUT2D eigenvalue weighted by atomic mass is 16.2. The van der Waals surface area contributed by atoms with Crippen molar-refractivity contribution in [1.82, 2.24) is 20.4 Å². The predicted molar refractivity (Wildman–Crippen MR) is 108 cm³/mol. The zero-order chi connectivity index (χ0) is 20.8. The van der Waals surface area contributed by atoms with Gasteiger partial charge in [-0.2, -0.15) is 0 Å². The van der Waals surface area contributed by atoms with Crippen LogP contribution in [0, 0.1) is 0 Å². The summed E-state index contributed by atoms with van der Waals surface area (Å²) < 4.78 is 0. The van der Waals surface area contributed by atoms with E-state index in [0.717, 1.165) is 30.1 Å². The number of piperidine rings is 1. The van der Waals surface area contributed by atoms with Crippen LogP contribution in [-0.2, 0) is 16.1 Å². The first kappa shape index (κ1) is 19.4. The maximum atomic E-state index is 13.0. The van der Waals surface area contributed by atoms with Crippen LogP contribution in [0.5, 0.6) is 0 Å². The smallest absolute Gasteiger partial charge is 0.262 e. The van der Waals surface area contributed by atoms with Gasteiger partial charge < -0.3 is 5.32 Å². The summed E-state index contributed by atoms with van der Waals surface area (Å²) in [5, 5.41) is 5.86. The summed E-state index contributed by atoms with van der Waals surface area (Å²) >= 11 is 0. The molecule has 1 saturated carbocycles. The molecule has 0 spiro atoms. The number of rotatable bonds is 3. The van der Waals surface area contributed by atoms with Crippen LogP contribution >= 0.6 is 0 Å². The highest BCUT2D eigenvalue weighted by Gasteiger charge is 2.44. The molecular formula is C22H26N4O4. The topological polar surface area (TPSA) is 98.8 Å². The number of hydrogen-bond acceptors (Lipinski definition) is 6. The van der Waals surface area contributed by atoms with E-state index < -0.39 is 23.8 Å². The molecule has 8 nitrogen and oxygen atoms in total. The molecular weight excluding hydrogens is 384 g/mol. The molecule has 30 heavy (non-hydrogen) atoms. The molecule has 3 fully saturated rings. The van der Waals surface area contributed by atoms with Crippen molar-refractivity contribution in [3.8, 4) is 0 Å². The lowest BCUT2D eigenvalue weighted by Crippen LogP contribution is -2.58. The molecule has 4 amide bonds. The molecule has 0 radical (unpaired) electrons. The highest BCUT2D eigenvalue weighted by Crippen LogP contribution is 2.30. The third kappa shape index (κ3) is 3.24. The lowest BCUT2D eigenvalue weighted by atomic mass is 9.87. The lowest BCUT2D eigenvalue weighted by Gasteiger charge is -2.44. The number of amides is 4. The number of carbonyl (C=O) groups excluding carboxylic acids is 4. The molecule has 2 N–H and O–H groups in total. The number of benzene rings is 1. The third-order valence-electron chi connectivity index (χ3n) is 6.89. The van der Waals surface area contributed by atoms with E-state index in [1.54, 1.807) is 12.1 Å². The van der Waals surface area contributed by atoms with Crippen LogP contribution in [-0.4, -0.2) is 64.6 Å². The monoisotopic (exact) mass is 410 g/mol. The van der Waals surface area contributed by atoms with E-state index in [4.69, 9.17) is 0 Å². The second-order valence-corrected chi connectivity index (χ2v) is 8.71. The first-order chi connectivity index (χ1) is 14.5. The Labute approximate surface area is 175 Å². The van der Waals surface area contributed by atoms with E-state index in [0.29, 0.717) is 23.2 Å². The quantitative estimate of drug-likeness (QED) is 0.716. The van der Waals surface area contributed by atoms with Crippen molar-refractivity contribution >= 4 is 23.6 Å². The predicted octanol–water partition coefficient (Wildman–Crippen LogP) is 0.804. The van der Waals surface area contributed by atoms with Crippen molar-refractivity contribution in [2.45, 2.75) is 63.2 Å². The van der Waals surface area contributed by atoms with Gasteiger partial charge in [0, 0.05) is 38.1 Å². The van der Waals surface area contributed by atoms with Crippen molar-refractivity contribution in [3.05, 3.63) is 34.9 Å². The SMILES string of the molecule is O=C1CCC(N2C(=O)c3ccc(CN4CCNC5CCCCC54)cc3C2=O)C(=O)N1. The largest absolute Gasteiger partial charge is 0.311 e. The Morgan fingerprint density at radius 2 is 1.77 bits per heavy atom. The number of hydrogen-bond donors (Lipinski definition) is 2. The Hall–Kier alpha value is -2.58. The van der Waals surface area contributed by atoms with Crippen LogP contribution in [0.2, 0.25) is 0 Å². The van der Waals surface area contributed by atoms with Gasteiger partial charge in [0.2, 0.25) is 11.8 Å². The van der Waals surface area contributed by atoms with E-state index in [-0.39, 0.29) is 18.7 Å². The Morgan fingerprint density at radius 3 is 2.60 bits per heavy atom. The van der Waals surface area contributed by atoms with E-state index in [1.165, 1.54) is 25.7 Å². The third-order valence-corrected chi connectivity index (χ3v) is 6.89. The first-order valence-electron chi connectivity index (χ1n) is 10.8. The van der Waals surface area contributed by atoms with Crippen molar-refractivity contribution in [1.29, 1.82) is 0 Å². The Morgan fingerprint density at radius 1 is 0.967 bits per heavy atom. The Bertz CT molecular complexity index is 928. The van der Waals surface area contributed by atoms with Gasteiger partial charge in [-0.1, -0.05) is 18.9 Å². The average molecular weight is 410 g/mol. The van der Waals surface area contributed by atoms with E-state index in [9.17, 15) is 19.2 Å². The summed E-state index contributed by atoms with van der Waals surface area (Å²) in [7, 11) is 0. The minimum atomic E-state index is -0.922. The maximum absolute atomic E-state index is 13.0. The Kier molecular flexibility index (Phi) is 4.91. The molecule has 3 atom stereocenters. The molecule has 0 aromatic heterocycles. The molecule has 158 valence electrons. The van der Waals surface area contributed by atoms with Gasteiger partial charge in [-0.05, 0) is 37.0 Å². The number of fused-ring (bicyclic) bond motifs is 2. The van der Waals surface area contributed by atoms with Gasteiger partial charge in [-0.3, -0.25) is 34.3 Å². The molecule has 4 aliphatic rings.